The Hall–Kier alpha value is -3.66. The largest absolute Gasteiger partial charge is 0.496 e. The molecule has 3 aromatic rings. The normalized spacial score (nSPS) is 22.1. The molecule has 2 N–H and O–H groups in total. The van der Waals surface area contributed by atoms with Crippen LogP contribution in [0.3, 0.4) is 0 Å². The first-order valence-corrected chi connectivity index (χ1v) is 12.9. The summed E-state index contributed by atoms with van der Waals surface area (Å²) in [7, 11) is 2.79. The number of fused-ring (bicyclic) bond motifs is 3. The van der Waals surface area contributed by atoms with E-state index in [2.05, 4.69) is 0 Å². The van der Waals surface area contributed by atoms with E-state index in [-0.39, 0.29) is 23.5 Å². The van der Waals surface area contributed by atoms with Crippen LogP contribution in [0.4, 0.5) is 14.9 Å². The first-order chi connectivity index (χ1) is 18.2. The van der Waals surface area contributed by atoms with Crippen LogP contribution in [0.5, 0.6) is 5.75 Å². The number of aryl methyl sites for hydroxylation is 1. The molecule has 38 heavy (non-hydrogen) atoms. The third-order valence-electron chi connectivity index (χ3n) is 7.94. The summed E-state index contributed by atoms with van der Waals surface area (Å²) in [5.74, 6) is -1.26. The van der Waals surface area contributed by atoms with E-state index in [0.29, 0.717) is 42.6 Å². The van der Waals surface area contributed by atoms with Crippen molar-refractivity contribution in [2.24, 2.45) is 5.92 Å². The van der Waals surface area contributed by atoms with Gasteiger partial charge in [0.1, 0.15) is 23.5 Å². The Morgan fingerprint density at radius 3 is 2.66 bits per heavy atom. The number of methoxy groups -OCH3 is 2. The molecule has 0 spiro atoms. The highest BCUT2D eigenvalue weighted by Crippen LogP contribution is 2.43. The van der Waals surface area contributed by atoms with E-state index in [1.807, 2.05) is 23.6 Å². The molecule has 1 aromatic heterocycles. The van der Waals surface area contributed by atoms with Gasteiger partial charge >= 0.3 is 12.1 Å². The predicted octanol–water partition coefficient (Wildman–Crippen LogP) is 4.99. The molecule has 2 heterocycles. The fourth-order valence-electron chi connectivity index (χ4n) is 6.05. The number of aliphatic hydroxyl groups excluding tert-OH is 1. The number of hydrogen-bond acceptors (Lipinski definition) is 6. The number of aromatic nitrogens is 2. The third-order valence-corrected chi connectivity index (χ3v) is 7.94. The summed E-state index contributed by atoms with van der Waals surface area (Å²) in [6.07, 6.45) is 2.01. The van der Waals surface area contributed by atoms with Crippen LogP contribution in [0.25, 0.3) is 11.0 Å². The zero-order chi connectivity index (χ0) is 27.1. The minimum atomic E-state index is -1.33. The van der Waals surface area contributed by atoms with Gasteiger partial charge in [0.15, 0.2) is 0 Å². The molecule has 2 aromatic carbocycles. The number of rotatable bonds is 5. The summed E-state index contributed by atoms with van der Waals surface area (Å²) in [6, 6.07) is 7.37. The molecule has 10 heteroatoms. The molecule has 0 saturated heterocycles. The van der Waals surface area contributed by atoms with E-state index >= 15 is 0 Å². The van der Waals surface area contributed by atoms with E-state index in [9.17, 15) is 24.2 Å². The predicted molar refractivity (Wildman–Crippen MR) is 138 cm³/mol. The maximum Gasteiger partial charge on any atom is 0.414 e. The molecule has 1 aliphatic heterocycles. The van der Waals surface area contributed by atoms with Crippen molar-refractivity contribution in [1.29, 1.82) is 0 Å². The Morgan fingerprint density at radius 1 is 1.16 bits per heavy atom. The van der Waals surface area contributed by atoms with Crippen molar-refractivity contribution >= 4 is 28.8 Å². The van der Waals surface area contributed by atoms with E-state index in [1.54, 1.807) is 4.90 Å². The fourth-order valence-corrected chi connectivity index (χ4v) is 6.05. The summed E-state index contributed by atoms with van der Waals surface area (Å²) >= 11 is 0. The number of ether oxygens (including phenoxy) is 2. The minimum absolute atomic E-state index is 0.0641. The van der Waals surface area contributed by atoms with Gasteiger partial charge in [0, 0.05) is 23.2 Å². The zero-order valence-electron chi connectivity index (χ0n) is 21.7. The van der Waals surface area contributed by atoms with Crippen LogP contribution in [0.2, 0.25) is 0 Å². The van der Waals surface area contributed by atoms with Crippen molar-refractivity contribution in [3.63, 3.8) is 0 Å². The van der Waals surface area contributed by atoms with Gasteiger partial charge < -0.3 is 24.3 Å². The van der Waals surface area contributed by atoms with Crippen molar-refractivity contribution in [3.8, 4) is 5.75 Å². The van der Waals surface area contributed by atoms with Crippen LogP contribution in [0, 0.1) is 11.7 Å². The maximum atomic E-state index is 14.3. The number of carbonyl (C=O) groups excluding carboxylic acids is 1. The number of imidazole rings is 1. The van der Waals surface area contributed by atoms with E-state index < -0.39 is 29.9 Å². The number of carboxylic acids is 1. The second-order valence-corrected chi connectivity index (χ2v) is 10.1. The van der Waals surface area contributed by atoms with Gasteiger partial charge in [0.05, 0.1) is 36.9 Å². The molecular weight excluding hydrogens is 493 g/mol. The number of benzene rings is 2. The summed E-state index contributed by atoms with van der Waals surface area (Å²) in [5, 5.41) is 21.3. The number of nitrogens with zero attached hydrogens (tertiary/aromatic N) is 3. The number of hydrogen-bond donors (Lipinski definition) is 2. The number of carbonyl (C=O) groups is 2. The van der Waals surface area contributed by atoms with Gasteiger partial charge in [-0.1, -0.05) is 6.42 Å². The van der Waals surface area contributed by atoms with Gasteiger partial charge in [-0.3, -0.25) is 9.69 Å². The monoisotopic (exact) mass is 525 g/mol. The number of carboxylic acid groups (broad SMARTS) is 1. The second kappa shape index (κ2) is 10.2. The van der Waals surface area contributed by atoms with E-state index in [1.165, 1.54) is 32.4 Å². The summed E-state index contributed by atoms with van der Waals surface area (Å²) < 4.78 is 26.6. The highest BCUT2D eigenvalue weighted by molar-refractivity contribution is 5.95. The molecule has 9 nitrogen and oxygen atoms in total. The van der Waals surface area contributed by atoms with Crippen LogP contribution in [-0.4, -0.2) is 52.1 Å². The molecule has 202 valence electrons. The lowest BCUT2D eigenvalue weighted by Crippen LogP contribution is -2.42. The van der Waals surface area contributed by atoms with Crippen molar-refractivity contribution < 1.29 is 33.7 Å². The summed E-state index contributed by atoms with van der Waals surface area (Å²) in [6.45, 7) is 1.96. The molecule has 4 atom stereocenters. The molecule has 1 aliphatic carbocycles. The Bertz CT molecular complexity index is 1390. The maximum absolute atomic E-state index is 14.3. The van der Waals surface area contributed by atoms with E-state index in [0.717, 1.165) is 23.9 Å². The Balaban J connectivity index is 1.72. The molecule has 0 unspecified atom stereocenters. The van der Waals surface area contributed by atoms with Crippen LogP contribution < -0.4 is 9.64 Å². The lowest BCUT2D eigenvalue weighted by atomic mass is 9.85. The number of halogens is 1. The number of amides is 1. The minimum Gasteiger partial charge on any atom is -0.496 e. The van der Waals surface area contributed by atoms with Crippen molar-refractivity contribution in [2.45, 2.75) is 63.6 Å². The Morgan fingerprint density at radius 2 is 1.95 bits per heavy atom. The topological polar surface area (TPSA) is 114 Å². The standard InChI is InChI=1S/C28H32FN3O6/c1-15-7-9-19-21(31(15)28(36)38-3)10-11-22-24(19)30-26(25(33)20-14-17(29)8-12-23(20)37-2)32(22)18-6-4-5-16(13-18)27(34)35/h8,10-12,14-16,18,25,33H,4-7,9,13H2,1-3H3,(H,34,35)/t15-,16-,18+,25-/m0/s1. The molecule has 1 amide bonds. The average molecular weight is 526 g/mol. The fraction of sp³-hybridized carbons (Fsp3) is 0.464. The van der Waals surface area contributed by atoms with Gasteiger partial charge in [-0.25, -0.2) is 14.2 Å². The van der Waals surface area contributed by atoms with Crippen LogP contribution in [0.1, 0.15) is 68.1 Å². The van der Waals surface area contributed by atoms with E-state index in [4.69, 9.17) is 14.5 Å². The molecule has 2 aliphatic rings. The zero-order valence-corrected chi connectivity index (χ0v) is 21.7. The number of aliphatic hydroxyl groups is 1. The first-order valence-electron chi connectivity index (χ1n) is 12.9. The average Bonchev–Trinajstić information content (AvgIpc) is 3.32. The molecule has 1 fully saturated rings. The van der Waals surface area contributed by atoms with Gasteiger partial charge in [-0.05, 0) is 69.4 Å². The lowest BCUT2D eigenvalue weighted by Gasteiger charge is -2.34. The molecule has 5 rings (SSSR count). The highest BCUT2D eigenvalue weighted by atomic mass is 19.1. The van der Waals surface area contributed by atoms with Crippen molar-refractivity contribution in [2.75, 3.05) is 19.1 Å². The molecule has 0 bridgehead atoms. The third kappa shape index (κ3) is 4.36. The SMILES string of the molecule is COC(=O)N1c2ccc3c(nc([C@@H](O)c4cc(F)ccc4OC)n3[C@@H]3CCC[C@H](C(=O)O)C3)c2CC[C@@H]1C. The quantitative estimate of drug-likeness (QED) is 0.482. The lowest BCUT2D eigenvalue weighted by molar-refractivity contribution is -0.143. The molecule has 0 radical (unpaired) electrons. The van der Waals surface area contributed by atoms with Crippen LogP contribution in [-0.2, 0) is 16.0 Å². The molecule has 1 saturated carbocycles. The Labute approximate surface area is 219 Å². The number of aliphatic carboxylic acids is 1. The second-order valence-electron chi connectivity index (χ2n) is 10.1. The van der Waals surface area contributed by atoms with Crippen molar-refractivity contribution in [3.05, 3.63) is 53.1 Å². The van der Waals surface area contributed by atoms with Gasteiger partial charge in [-0.15, -0.1) is 0 Å². The summed E-state index contributed by atoms with van der Waals surface area (Å²) in [5.41, 5.74) is 3.15. The van der Waals surface area contributed by atoms with Gasteiger partial charge in [0.25, 0.3) is 0 Å². The van der Waals surface area contributed by atoms with Crippen molar-refractivity contribution in [1.82, 2.24) is 9.55 Å². The Kier molecular flexibility index (Phi) is 7.00. The summed E-state index contributed by atoms with van der Waals surface area (Å²) in [4.78, 5) is 31.0. The first kappa shape index (κ1) is 26.0. The molecular formula is C28H32FN3O6. The van der Waals surface area contributed by atoms with Gasteiger partial charge in [-0.2, -0.15) is 0 Å². The van der Waals surface area contributed by atoms with Crippen LogP contribution >= 0.6 is 0 Å². The highest BCUT2D eigenvalue weighted by Gasteiger charge is 2.36. The van der Waals surface area contributed by atoms with Gasteiger partial charge in [0.2, 0.25) is 0 Å². The number of anilines is 1. The van der Waals surface area contributed by atoms with Crippen LogP contribution in [0.15, 0.2) is 30.3 Å². The smallest absolute Gasteiger partial charge is 0.414 e.